The highest BCUT2D eigenvalue weighted by Gasteiger charge is 2.23. The summed E-state index contributed by atoms with van der Waals surface area (Å²) in [6.07, 6.45) is 0.921. The van der Waals surface area contributed by atoms with E-state index in [-0.39, 0.29) is 5.91 Å². The largest absolute Gasteiger partial charge is 0.360 e. The van der Waals surface area contributed by atoms with E-state index in [0.29, 0.717) is 32.2 Å². The molecule has 0 aromatic carbocycles. The Labute approximate surface area is 103 Å². The van der Waals surface area contributed by atoms with E-state index in [0.717, 1.165) is 13.0 Å². The molecule has 0 spiro atoms. The predicted octanol–water partition coefficient (Wildman–Crippen LogP) is 0.516. The van der Waals surface area contributed by atoms with Crippen LogP contribution in [0, 0.1) is 11.3 Å². The quantitative estimate of drug-likeness (QED) is 0.710. The smallest absolute Gasteiger partial charge is 0.222 e. The summed E-state index contributed by atoms with van der Waals surface area (Å²) in [7, 11) is 0. The summed E-state index contributed by atoms with van der Waals surface area (Å²) < 4.78 is 5.20. The monoisotopic (exact) mass is 239 g/mol. The molecule has 1 fully saturated rings. The van der Waals surface area contributed by atoms with Crippen molar-refractivity contribution in [1.29, 1.82) is 5.26 Å². The first-order chi connectivity index (χ1) is 8.13. The highest BCUT2D eigenvalue weighted by atomic mass is 16.5. The number of ether oxygens (including phenoxy) is 1. The van der Waals surface area contributed by atoms with Crippen LogP contribution in [0.4, 0.5) is 0 Å². The van der Waals surface area contributed by atoms with Crippen LogP contribution in [0.1, 0.15) is 26.7 Å². The molecule has 0 aromatic rings. The number of rotatable bonds is 5. The van der Waals surface area contributed by atoms with Crippen molar-refractivity contribution in [2.75, 3.05) is 26.2 Å². The molecule has 0 radical (unpaired) electrons. The van der Waals surface area contributed by atoms with E-state index in [2.05, 4.69) is 19.2 Å². The molecule has 5 heteroatoms. The molecular formula is C12H21N3O2. The minimum atomic E-state index is -0.457. The molecule has 1 N–H and O–H groups in total. The molecule has 0 aliphatic carbocycles. The Hall–Kier alpha value is -1.12. The molecule has 1 heterocycles. The van der Waals surface area contributed by atoms with Crippen LogP contribution < -0.4 is 5.32 Å². The van der Waals surface area contributed by atoms with Crippen molar-refractivity contribution in [1.82, 2.24) is 10.2 Å². The van der Waals surface area contributed by atoms with E-state index in [9.17, 15) is 4.79 Å². The summed E-state index contributed by atoms with van der Waals surface area (Å²) in [5, 5.41) is 12.0. The molecule has 1 amide bonds. The lowest BCUT2D eigenvalue weighted by Crippen LogP contribution is -2.45. The number of carbonyl (C=O) groups is 1. The number of hydrogen-bond acceptors (Lipinski definition) is 4. The number of morpholine rings is 1. The SMILES string of the molecule is CC(C)NCCCC(=O)N1CCOC(C#N)C1. The van der Waals surface area contributed by atoms with Gasteiger partial charge in [0, 0.05) is 19.0 Å². The Morgan fingerprint density at radius 1 is 1.65 bits per heavy atom. The normalized spacial score (nSPS) is 20.4. The van der Waals surface area contributed by atoms with Crippen LogP contribution in [0.5, 0.6) is 0 Å². The van der Waals surface area contributed by atoms with Gasteiger partial charge in [0.1, 0.15) is 0 Å². The fraction of sp³-hybridized carbons (Fsp3) is 0.833. The predicted molar refractivity (Wildman–Crippen MR) is 64.3 cm³/mol. The first kappa shape index (κ1) is 13.9. The molecule has 1 aliphatic rings. The minimum Gasteiger partial charge on any atom is -0.360 e. The number of nitrogens with zero attached hydrogens (tertiary/aromatic N) is 2. The van der Waals surface area contributed by atoms with Gasteiger partial charge in [-0.05, 0) is 13.0 Å². The Balaban J connectivity index is 2.21. The number of hydrogen-bond donors (Lipinski definition) is 1. The lowest BCUT2D eigenvalue weighted by atomic mass is 10.2. The Morgan fingerprint density at radius 2 is 2.41 bits per heavy atom. The van der Waals surface area contributed by atoms with Gasteiger partial charge in [-0.25, -0.2) is 0 Å². The molecule has 1 rings (SSSR count). The average molecular weight is 239 g/mol. The van der Waals surface area contributed by atoms with Crippen molar-refractivity contribution in [3.63, 3.8) is 0 Å². The van der Waals surface area contributed by atoms with Gasteiger partial charge < -0.3 is 15.0 Å². The van der Waals surface area contributed by atoms with Crippen LogP contribution >= 0.6 is 0 Å². The molecule has 1 unspecified atom stereocenters. The summed E-state index contributed by atoms with van der Waals surface area (Å²) in [5.41, 5.74) is 0. The van der Waals surface area contributed by atoms with Crippen molar-refractivity contribution in [3.8, 4) is 6.07 Å². The van der Waals surface area contributed by atoms with Gasteiger partial charge in [-0.3, -0.25) is 4.79 Å². The maximum absolute atomic E-state index is 11.8. The highest BCUT2D eigenvalue weighted by molar-refractivity contribution is 5.76. The first-order valence-electron chi connectivity index (χ1n) is 6.16. The fourth-order valence-corrected chi connectivity index (χ4v) is 1.74. The van der Waals surface area contributed by atoms with Crippen LogP contribution in [0.15, 0.2) is 0 Å². The molecular weight excluding hydrogens is 218 g/mol. The van der Waals surface area contributed by atoms with E-state index < -0.39 is 6.10 Å². The average Bonchev–Trinajstić information content (AvgIpc) is 2.34. The van der Waals surface area contributed by atoms with Gasteiger partial charge in [0.2, 0.25) is 5.91 Å². The standard InChI is InChI=1S/C12H21N3O2/c1-10(2)14-5-3-4-12(16)15-6-7-17-11(8-13)9-15/h10-11,14H,3-7,9H2,1-2H3. The van der Waals surface area contributed by atoms with Gasteiger partial charge in [-0.1, -0.05) is 13.8 Å². The molecule has 1 aliphatic heterocycles. The zero-order valence-electron chi connectivity index (χ0n) is 10.6. The Kier molecular flexibility index (Phi) is 5.95. The van der Waals surface area contributed by atoms with Crippen LogP contribution in [-0.4, -0.2) is 49.2 Å². The van der Waals surface area contributed by atoms with E-state index in [1.807, 2.05) is 6.07 Å². The zero-order chi connectivity index (χ0) is 12.7. The number of amides is 1. The molecule has 0 saturated carbocycles. The number of carbonyl (C=O) groups excluding carboxylic acids is 1. The van der Waals surface area contributed by atoms with Gasteiger partial charge in [0.15, 0.2) is 6.10 Å². The van der Waals surface area contributed by atoms with Crippen LogP contribution in [0.25, 0.3) is 0 Å². The van der Waals surface area contributed by atoms with Gasteiger partial charge >= 0.3 is 0 Å². The van der Waals surface area contributed by atoms with Crippen LogP contribution in [0.2, 0.25) is 0 Å². The second kappa shape index (κ2) is 7.25. The van der Waals surface area contributed by atoms with Gasteiger partial charge in [-0.2, -0.15) is 5.26 Å². The fourth-order valence-electron chi connectivity index (χ4n) is 1.74. The van der Waals surface area contributed by atoms with Gasteiger partial charge in [0.25, 0.3) is 0 Å². The zero-order valence-corrected chi connectivity index (χ0v) is 10.6. The number of nitrogens with one attached hydrogen (secondary N) is 1. The third-order valence-electron chi connectivity index (χ3n) is 2.68. The van der Waals surface area contributed by atoms with Crippen molar-refractivity contribution >= 4 is 5.91 Å². The summed E-state index contributed by atoms with van der Waals surface area (Å²) in [5.74, 6) is 0.124. The van der Waals surface area contributed by atoms with E-state index in [1.165, 1.54) is 0 Å². The maximum atomic E-state index is 11.8. The summed E-state index contributed by atoms with van der Waals surface area (Å²) in [4.78, 5) is 13.6. The highest BCUT2D eigenvalue weighted by Crippen LogP contribution is 2.07. The summed E-state index contributed by atoms with van der Waals surface area (Å²) in [6.45, 7) is 6.51. The molecule has 96 valence electrons. The molecule has 17 heavy (non-hydrogen) atoms. The lowest BCUT2D eigenvalue weighted by molar-refractivity contribution is -0.137. The second-order valence-corrected chi connectivity index (χ2v) is 4.54. The van der Waals surface area contributed by atoms with Gasteiger partial charge in [-0.15, -0.1) is 0 Å². The first-order valence-corrected chi connectivity index (χ1v) is 6.16. The molecule has 0 bridgehead atoms. The van der Waals surface area contributed by atoms with Crippen LogP contribution in [-0.2, 0) is 9.53 Å². The molecule has 5 nitrogen and oxygen atoms in total. The van der Waals surface area contributed by atoms with Crippen molar-refractivity contribution in [3.05, 3.63) is 0 Å². The number of nitriles is 1. The van der Waals surface area contributed by atoms with Crippen molar-refractivity contribution < 1.29 is 9.53 Å². The van der Waals surface area contributed by atoms with E-state index >= 15 is 0 Å². The Morgan fingerprint density at radius 3 is 3.06 bits per heavy atom. The van der Waals surface area contributed by atoms with E-state index in [4.69, 9.17) is 10.00 Å². The van der Waals surface area contributed by atoms with Crippen molar-refractivity contribution in [2.24, 2.45) is 0 Å². The third-order valence-corrected chi connectivity index (χ3v) is 2.68. The molecule has 1 saturated heterocycles. The molecule has 1 atom stereocenters. The van der Waals surface area contributed by atoms with Crippen LogP contribution in [0.3, 0.4) is 0 Å². The Bertz CT molecular complexity index is 286. The summed E-state index contributed by atoms with van der Waals surface area (Å²) >= 11 is 0. The second-order valence-electron chi connectivity index (χ2n) is 4.54. The third kappa shape index (κ3) is 5.16. The minimum absolute atomic E-state index is 0.124. The summed E-state index contributed by atoms with van der Waals surface area (Å²) in [6, 6.07) is 2.50. The van der Waals surface area contributed by atoms with E-state index in [1.54, 1.807) is 4.90 Å². The van der Waals surface area contributed by atoms with Crippen molar-refractivity contribution in [2.45, 2.75) is 38.8 Å². The molecule has 0 aromatic heterocycles. The lowest BCUT2D eigenvalue weighted by Gasteiger charge is -2.29. The topological polar surface area (TPSA) is 65.4 Å². The van der Waals surface area contributed by atoms with Gasteiger partial charge in [0.05, 0.1) is 19.2 Å². The maximum Gasteiger partial charge on any atom is 0.222 e.